The molecule has 0 saturated carbocycles. The Balaban J connectivity index is 2.34. The Kier molecular flexibility index (Phi) is 2.83. The van der Waals surface area contributed by atoms with Crippen LogP contribution in [0.2, 0.25) is 0 Å². The topological polar surface area (TPSA) is 26.3 Å². The van der Waals surface area contributed by atoms with Gasteiger partial charge < -0.3 is 4.74 Å². The van der Waals surface area contributed by atoms with E-state index in [-0.39, 0.29) is 11.9 Å². The first-order valence-corrected chi connectivity index (χ1v) is 3.99. The standard InChI is InChI=1S/C9H14O2/c1-7(2)6-8(10)9-4-3-5-11-9/h9H,1,3-6H2,2H3. The summed E-state index contributed by atoms with van der Waals surface area (Å²) in [5, 5.41) is 0. The third kappa shape index (κ3) is 2.46. The number of hydrogen-bond donors (Lipinski definition) is 0. The SMILES string of the molecule is C=C(C)CC(=O)C1CCCO1. The second-order valence-corrected chi connectivity index (χ2v) is 3.10. The van der Waals surface area contributed by atoms with Gasteiger partial charge in [-0.2, -0.15) is 0 Å². The van der Waals surface area contributed by atoms with E-state index in [1.54, 1.807) is 0 Å². The first-order valence-electron chi connectivity index (χ1n) is 3.99. The van der Waals surface area contributed by atoms with Crippen molar-refractivity contribution in [2.24, 2.45) is 0 Å². The fraction of sp³-hybridized carbons (Fsp3) is 0.667. The van der Waals surface area contributed by atoms with Crippen molar-refractivity contribution in [1.29, 1.82) is 0 Å². The zero-order chi connectivity index (χ0) is 8.27. The van der Waals surface area contributed by atoms with Crippen LogP contribution in [0.1, 0.15) is 26.2 Å². The maximum absolute atomic E-state index is 11.3. The molecule has 62 valence electrons. The van der Waals surface area contributed by atoms with Crippen molar-refractivity contribution < 1.29 is 9.53 Å². The van der Waals surface area contributed by atoms with E-state index in [1.165, 1.54) is 0 Å². The highest BCUT2D eigenvalue weighted by molar-refractivity contribution is 5.85. The van der Waals surface area contributed by atoms with Gasteiger partial charge in [-0.05, 0) is 19.8 Å². The van der Waals surface area contributed by atoms with Gasteiger partial charge in [0.1, 0.15) is 6.10 Å². The normalized spacial score (nSPS) is 23.5. The Morgan fingerprint density at radius 2 is 2.45 bits per heavy atom. The van der Waals surface area contributed by atoms with Crippen LogP contribution in [-0.4, -0.2) is 18.5 Å². The van der Waals surface area contributed by atoms with Gasteiger partial charge >= 0.3 is 0 Å². The van der Waals surface area contributed by atoms with Gasteiger partial charge in [-0.25, -0.2) is 0 Å². The van der Waals surface area contributed by atoms with Crippen molar-refractivity contribution >= 4 is 5.78 Å². The zero-order valence-electron chi connectivity index (χ0n) is 6.93. The third-order valence-corrected chi connectivity index (χ3v) is 1.76. The summed E-state index contributed by atoms with van der Waals surface area (Å²) in [4.78, 5) is 11.3. The van der Waals surface area contributed by atoms with Gasteiger partial charge in [-0.15, -0.1) is 0 Å². The fourth-order valence-electron chi connectivity index (χ4n) is 1.24. The first kappa shape index (κ1) is 8.47. The summed E-state index contributed by atoms with van der Waals surface area (Å²) >= 11 is 0. The van der Waals surface area contributed by atoms with Crippen molar-refractivity contribution in [2.75, 3.05) is 6.61 Å². The molecule has 0 aliphatic carbocycles. The summed E-state index contributed by atoms with van der Waals surface area (Å²) in [6.45, 7) is 6.30. The number of ether oxygens (including phenoxy) is 1. The van der Waals surface area contributed by atoms with Crippen LogP contribution in [-0.2, 0) is 9.53 Å². The summed E-state index contributed by atoms with van der Waals surface area (Å²) < 4.78 is 5.22. The number of Topliss-reactive ketones (excluding diaryl/α,β-unsaturated/α-hetero) is 1. The molecule has 1 fully saturated rings. The smallest absolute Gasteiger partial charge is 0.165 e. The Morgan fingerprint density at radius 3 is 2.91 bits per heavy atom. The molecule has 0 N–H and O–H groups in total. The lowest BCUT2D eigenvalue weighted by atomic mass is 10.1. The molecule has 2 heteroatoms. The molecule has 2 nitrogen and oxygen atoms in total. The van der Waals surface area contributed by atoms with Crippen molar-refractivity contribution in [1.82, 2.24) is 0 Å². The number of hydrogen-bond acceptors (Lipinski definition) is 2. The molecule has 0 radical (unpaired) electrons. The fourth-order valence-corrected chi connectivity index (χ4v) is 1.24. The largest absolute Gasteiger partial charge is 0.370 e. The average molecular weight is 154 g/mol. The van der Waals surface area contributed by atoms with Crippen LogP contribution in [0.5, 0.6) is 0 Å². The molecule has 0 aromatic carbocycles. The minimum Gasteiger partial charge on any atom is -0.370 e. The highest BCUT2D eigenvalue weighted by Gasteiger charge is 2.22. The lowest BCUT2D eigenvalue weighted by Gasteiger charge is -2.06. The van der Waals surface area contributed by atoms with Crippen LogP contribution in [0.3, 0.4) is 0 Å². The van der Waals surface area contributed by atoms with Crippen LogP contribution in [0, 0.1) is 0 Å². The molecule has 1 unspecified atom stereocenters. The van der Waals surface area contributed by atoms with Crippen molar-refractivity contribution in [3.8, 4) is 0 Å². The highest BCUT2D eigenvalue weighted by Crippen LogP contribution is 2.15. The maximum atomic E-state index is 11.3. The molecule has 1 atom stereocenters. The number of carbonyl (C=O) groups excluding carboxylic acids is 1. The molecule has 0 aromatic rings. The van der Waals surface area contributed by atoms with Gasteiger partial charge in [-0.3, -0.25) is 4.79 Å². The molecule has 1 saturated heterocycles. The lowest BCUT2D eigenvalue weighted by molar-refractivity contribution is -0.127. The van der Waals surface area contributed by atoms with E-state index in [2.05, 4.69) is 6.58 Å². The van der Waals surface area contributed by atoms with Crippen molar-refractivity contribution in [2.45, 2.75) is 32.3 Å². The molecular formula is C9H14O2. The van der Waals surface area contributed by atoms with Crippen LogP contribution in [0.25, 0.3) is 0 Å². The van der Waals surface area contributed by atoms with Crippen LogP contribution >= 0.6 is 0 Å². The Bertz CT molecular complexity index is 166. The predicted octanol–water partition coefficient (Wildman–Crippen LogP) is 1.70. The van der Waals surface area contributed by atoms with E-state index in [1.807, 2.05) is 6.92 Å². The predicted molar refractivity (Wildman–Crippen MR) is 43.4 cm³/mol. The van der Waals surface area contributed by atoms with Crippen LogP contribution in [0.15, 0.2) is 12.2 Å². The minimum absolute atomic E-state index is 0.133. The van der Waals surface area contributed by atoms with Crippen molar-refractivity contribution in [3.63, 3.8) is 0 Å². The second-order valence-electron chi connectivity index (χ2n) is 3.10. The van der Waals surface area contributed by atoms with Gasteiger partial charge in [-0.1, -0.05) is 12.2 Å². The maximum Gasteiger partial charge on any atom is 0.165 e. The summed E-state index contributed by atoms with van der Waals surface area (Å²) in [6, 6.07) is 0. The summed E-state index contributed by atoms with van der Waals surface area (Å²) in [5.74, 6) is 0.190. The summed E-state index contributed by atoms with van der Waals surface area (Å²) in [6.07, 6.45) is 2.26. The molecule has 0 aromatic heterocycles. The number of rotatable bonds is 3. The monoisotopic (exact) mass is 154 g/mol. The van der Waals surface area contributed by atoms with Crippen LogP contribution in [0.4, 0.5) is 0 Å². The molecule has 0 bridgehead atoms. The quantitative estimate of drug-likeness (QED) is 0.578. The van der Waals surface area contributed by atoms with E-state index in [0.29, 0.717) is 6.42 Å². The van der Waals surface area contributed by atoms with Crippen molar-refractivity contribution in [3.05, 3.63) is 12.2 Å². The Hall–Kier alpha value is -0.630. The van der Waals surface area contributed by atoms with Gasteiger partial charge in [0.05, 0.1) is 0 Å². The number of allylic oxidation sites excluding steroid dienone is 1. The number of carbonyl (C=O) groups is 1. The molecule has 1 aliphatic heterocycles. The Morgan fingerprint density at radius 1 is 1.73 bits per heavy atom. The molecule has 0 amide bonds. The molecule has 1 aliphatic rings. The molecule has 1 rings (SSSR count). The molecule has 0 spiro atoms. The lowest BCUT2D eigenvalue weighted by Crippen LogP contribution is -2.18. The van der Waals surface area contributed by atoms with E-state index < -0.39 is 0 Å². The molecular weight excluding hydrogens is 140 g/mol. The summed E-state index contributed by atoms with van der Waals surface area (Å²) in [7, 11) is 0. The van der Waals surface area contributed by atoms with E-state index >= 15 is 0 Å². The summed E-state index contributed by atoms with van der Waals surface area (Å²) in [5.41, 5.74) is 0.922. The van der Waals surface area contributed by atoms with Gasteiger partial charge in [0.2, 0.25) is 0 Å². The molecule has 11 heavy (non-hydrogen) atoms. The van der Waals surface area contributed by atoms with Crippen LogP contribution < -0.4 is 0 Å². The minimum atomic E-state index is -0.133. The third-order valence-electron chi connectivity index (χ3n) is 1.76. The van der Waals surface area contributed by atoms with Gasteiger partial charge in [0, 0.05) is 13.0 Å². The first-order chi connectivity index (χ1) is 5.20. The van der Waals surface area contributed by atoms with E-state index in [4.69, 9.17) is 4.74 Å². The second kappa shape index (κ2) is 3.67. The van der Waals surface area contributed by atoms with E-state index in [0.717, 1.165) is 25.0 Å². The number of ketones is 1. The van der Waals surface area contributed by atoms with Gasteiger partial charge in [0.25, 0.3) is 0 Å². The Labute approximate surface area is 67.2 Å². The zero-order valence-corrected chi connectivity index (χ0v) is 6.93. The highest BCUT2D eigenvalue weighted by atomic mass is 16.5. The molecule has 1 heterocycles. The van der Waals surface area contributed by atoms with Gasteiger partial charge in [0.15, 0.2) is 5.78 Å². The van der Waals surface area contributed by atoms with E-state index in [9.17, 15) is 4.79 Å². The average Bonchev–Trinajstić information content (AvgIpc) is 2.35.